The van der Waals surface area contributed by atoms with E-state index in [-0.39, 0.29) is 6.04 Å². The zero-order chi connectivity index (χ0) is 13.5. The molecule has 0 amide bonds. The predicted molar refractivity (Wildman–Crippen MR) is 75.0 cm³/mol. The van der Waals surface area contributed by atoms with Crippen molar-refractivity contribution in [2.24, 2.45) is 5.84 Å². The summed E-state index contributed by atoms with van der Waals surface area (Å²) in [6.45, 7) is 0.431. The number of hydrogen-bond donors (Lipinski definition) is 2. The molecule has 19 heavy (non-hydrogen) atoms. The maximum absolute atomic E-state index is 5.71. The van der Waals surface area contributed by atoms with Gasteiger partial charge >= 0.3 is 0 Å². The molecule has 0 aromatic heterocycles. The summed E-state index contributed by atoms with van der Waals surface area (Å²) in [5.74, 6) is 7.22. The van der Waals surface area contributed by atoms with Crippen molar-refractivity contribution < 1.29 is 9.47 Å². The Morgan fingerprint density at radius 3 is 2.42 bits per heavy atom. The number of para-hydroxylation sites is 2. The molecule has 0 bridgehead atoms. The van der Waals surface area contributed by atoms with Crippen molar-refractivity contribution in [1.29, 1.82) is 0 Å². The summed E-state index contributed by atoms with van der Waals surface area (Å²) in [6, 6.07) is 17.3. The second-order valence-electron chi connectivity index (χ2n) is 4.09. The quantitative estimate of drug-likeness (QED) is 0.616. The highest BCUT2D eigenvalue weighted by Crippen LogP contribution is 2.25. The Bertz CT molecular complexity index is 503. The number of rotatable bonds is 6. The lowest BCUT2D eigenvalue weighted by molar-refractivity contribution is 0.263. The molecule has 1 unspecified atom stereocenters. The maximum atomic E-state index is 5.71. The van der Waals surface area contributed by atoms with Gasteiger partial charge in [0.15, 0.2) is 0 Å². The molecule has 0 spiro atoms. The monoisotopic (exact) mass is 258 g/mol. The van der Waals surface area contributed by atoms with Crippen molar-refractivity contribution in [3.8, 4) is 11.5 Å². The number of methoxy groups -OCH3 is 1. The van der Waals surface area contributed by atoms with Gasteiger partial charge in [0, 0.05) is 5.56 Å². The first-order valence-corrected chi connectivity index (χ1v) is 6.12. The van der Waals surface area contributed by atoms with Crippen LogP contribution < -0.4 is 20.7 Å². The van der Waals surface area contributed by atoms with Crippen LogP contribution in [0.4, 0.5) is 0 Å². The van der Waals surface area contributed by atoms with Crippen LogP contribution in [0.1, 0.15) is 11.6 Å². The molecular formula is C15H18N2O2. The molecule has 0 saturated heterocycles. The number of nitrogens with two attached hydrogens (primary N) is 1. The standard InChI is InChI=1S/C15H18N2O2/c1-18-15-10-6-5-9-13(15)14(17-16)11-19-12-7-3-2-4-8-12/h2-10,14,17H,11,16H2,1H3. The Kier molecular flexibility index (Phi) is 4.78. The van der Waals surface area contributed by atoms with Gasteiger partial charge in [-0.25, -0.2) is 5.43 Å². The van der Waals surface area contributed by atoms with E-state index in [9.17, 15) is 0 Å². The molecule has 4 heteroatoms. The number of ether oxygens (including phenoxy) is 2. The Morgan fingerprint density at radius 2 is 1.74 bits per heavy atom. The minimum Gasteiger partial charge on any atom is -0.496 e. The third-order valence-electron chi connectivity index (χ3n) is 2.88. The lowest BCUT2D eigenvalue weighted by Crippen LogP contribution is -2.32. The van der Waals surface area contributed by atoms with Crippen LogP contribution in [0.3, 0.4) is 0 Å². The van der Waals surface area contributed by atoms with Crippen molar-refractivity contribution in [3.63, 3.8) is 0 Å². The molecule has 0 radical (unpaired) electrons. The Hall–Kier alpha value is -2.04. The summed E-state index contributed by atoms with van der Waals surface area (Å²) in [7, 11) is 1.64. The number of nitrogens with one attached hydrogen (secondary N) is 1. The van der Waals surface area contributed by atoms with Crippen LogP contribution in [0.5, 0.6) is 11.5 Å². The summed E-state index contributed by atoms with van der Waals surface area (Å²) < 4.78 is 11.0. The van der Waals surface area contributed by atoms with E-state index in [1.54, 1.807) is 7.11 Å². The zero-order valence-electron chi connectivity index (χ0n) is 10.9. The first kappa shape index (κ1) is 13.4. The fourth-order valence-corrected chi connectivity index (χ4v) is 1.88. The lowest BCUT2D eigenvalue weighted by atomic mass is 10.1. The van der Waals surface area contributed by atoms with Crippen LogP contribution in [0.15, 0.2) is 54.6 Å². The molecular weight excluding hydrogens is 240 g/mol. The second kappa shape index (κ2) is 6.78. The van der Waals surface area contributed by atoms with Gasteiger partial charge in [0.05, 0.1) is 13.2 Å². The van der Waals surface area contributed by atoms with E-state index in [4.69, 9.17) is 15.3 Å². The third-order valence-corrected chi connectivity index (χ3v) is 2.88. The minimum atomic E-state index is -0.128. The van der Waals surface area contributed by atoms with Crippen molar-refractivity contribution in [2.45, 2.75) is 6.04 Å². The van der Waals surface area contributed by atoms with Crippen LogP contribution in [0.25, 0.3) is 0 Å². The van der Waals surface area contributed by atoms with Gasteiger partial charge in [-0.15, -0.1) is 0 Å². The van der Waals surface area contributed by atoms with E-state index in [1.165, 1.54) is 0 Å². The van der Waals surface area contributed by atoms with Gasteiger partial charge in [0.2, 0.25) is 0 Å². The molecule has 3 N–H and O–H groups in total. The average molecular weight is 258 g/mol. The zero-order valence-corrected chi connectivity index (χ0v) is 10.9. The van der Waals surface area contributed by atoms with Gasteiger partial charge in [-0.2, -0.15) is 0 Å². The summed E-state index contributed by atoms with van der Waals surface area (Å²) in [4.78, 5) is 0. The van der Waals surface area contributed by atoms with Crippen molar-refractivity contribution in [2.75, 3.05) is 13.7 Å². The first-order valence-electron chi connectivity index (χ1n) is 6.12. The number of hydrogen-bond acceptors (Lipinski definition) is 4. The van der Waals surface area contributed by atoms with Gasteiger partial charge in [-0.05, 0) is 18.2 Å². The fraction of sp³-hybridized carbons (Fsp3) is 0.200. The first-order chi connectivity index (χ1) is 9.35. The molecule has 2 aromatic carbocycles. The summed E-state index contributed by atoms with van der Waals surface area (Å²) in [5.41, 5.74) is 3.73. The van der Waals surface area contributed by atoms with Crippen LogP contribution in [0, 0.1) is 0 Å². The summed E-state index contributed by atoms with van der Waals surface area (Å²) in [6.07, 6.45) is 0. The molecule has 0 saturated carbocycles. The summed E-state index contributed by atoms with van der Waals surface area (Å²) in [5, 5.41) is 0. The SMILES string of the molecule is COc1ccccc1C(COc1ccccc1)NN. The van der Waals surface area contributed by atoms with E-state index >= 15 is 0 Å². The minimum absolute atomic E-state index is 0.128. The fourth-order valence-electron chi connectivity index (χ4n) is 1.88. The van der Waals surface area contributed by atoms with E-state index < -0.39 is 0 Å². The average Bonchev–Trinajstić information content (AvgIpc) is 2.49. The molecule has 2 rings (SSSR count). The number of benzene rings is 2. The molecule has 4 nitrogen and oxygen atoms in total. The predicted octanol–water partition coefficient (Wildman–Crippen LogP) is 2.28. The molecule has 0 aliphatic rings. The summed E-state index contributed by atoms with van der Waals surface area (Å²) >= 11 is 0. The van der Waals surface area contributed by atoms with E-state index in [0.29, 0.717) is 6.61 Å². The Labute approximate surface area is 113 Å². The van der Waals surface area contributed by atoms with Gasteiger partial charge < -0.3 is 9.47 Å². The molecule has 0 fully saturated rings. The maximum Gasteiger partial charge on any atom is 0.123 e. The van der Waals surface area contributed by atoms with Crippen molar-refractivity contribution in [3.05, 3.63) is 60.2 Å². The van der Waals surface area contributed by atoms with Gasteiger partial charge in [0.1, 0.15) is 18.1 Å². The van der Waals surface area contributed by atoms with Crippen molar-refractivity contribution >= 4 is 0 Å². The van der Waals surface area contributed by atoms with E-state index in [0.717, 1.165) is 17.1 Å². The Balaban J connectivity index is 2.08. The van der Waals surface area contributed by atoms with Gasteiger partial charge in [-0.1, -0.05) is 36.4 Å². The highest BCUT2D eigenvalue weighted by Gasteiger charge is 2.14. The molecule has 0 aliphatic heterocycles. The van der Waals surface area contributed by atoms with Crippen LogP contribution in [0.2, 0.25) is 0 Å². The van der Waals surface area contributed by atoms with Crippen LogP contribution in [-0.4, -0.2) is 13.7 Å². The van der Waals surface area contributed by atoms with Gasteiger partial charge in [0.25, 0.3) is 0 Å². The normalized spacial score (nSPS) is 11.9. The largest absolute Gasteiger partial charge is 0.496 e. The molecule has 0 aliphatic carbocycles. The van der Waals surface area contributed by atoms with Crippen molar-refractivity contribution in [1.82, 2.24) is 5.43 Å². The van der Waals surface area contributed by atoms with Crippen LogP contribution in [-0.2, 0) is 0 Å². The molecule has 0 heterocycles. The van der Waals surface area contributed by atoms with Gasteiger partial charge in [-0.3, -0.25) is 5.84 Å². The number of hydrazine groups is 1. The van der Waals surface area contributed by atoms with Crippen LogP contribution >= 0.6 is 0 Å². The third kappa shape index (κ3) is 3.47. The highest BCUT2D eigenvalue weighted by molar-refractivity contribution is 5.36. The molecule has 2 aromatic rings. The second-order valence-corrected chi connectivity index (χ2v) is 4.09. The van der Waals surface area contributed by atoms with E-state index in [1.807, 2.05) is 54.6 Å². The van der Waals surface area contributed by atoms with E-state index in [2.05, 4.69) is 5.43 Å². The topological polar surface area (TPSA) is 56.5 Å². The molecule has 100 valence electrons. The molecule has 1 atom stereocenters. The highest BCUT2D eigenvalue weighted by atomic mass is 16.5. The lowest BCUT2D eigenvalue weighted by Gasteiger charge is -2.19. The smallest absolute Gasteiger partial charge is 0.123 e. The Morgan fingerprint density at radius 1 is 1.05 bits per heavy atom.